The van der Waals surface area contributed by atoms with E-state index in [-0.39, 0.29) is 11.9 Å². The second-order valence-electron chi connectivity index (χ2n) is 8.72. The van der Waals surface area contributed by atoms with Crippen molar-refractivity contribution in [3.05, 3.63) is 78.5 Å². The van der Waals surface area contributed by atoms with Gasteiger partial charge in [-0.15, -0.1) is 0 Å². The molecule has 0 amide bonds. The van der Waals surface area contributed by atoms with Crippen molar-refractivity contribution in [1.82, 2.24) is 19.7 Å². The fourth-order valence-electron chi connectivity index (χ4n) is 4.40. The first-order valence-corrected chi connectivity index (χ1v) is 13.0. The average Bonchev–Trinajstić information content (AvgIpc) is 3.51. The number of fused-ring (bicyclic) bond motifs is 1. The Kier molecular flexibility index (Phi) is 5.66. The van der Waals surface area contributed by atoms with Crippen LogP contribution in [-0.4, -0.2) is 35.5 Å². The Hall–Kier alpha value is -4.16. The standard InChI is InChI=1S/C27H20FN5O2S/c28-20-8-6-18(7-9-20)25-23(13-33(32-25)21-14-36(34)15-21)26-22-12-24(35-27(22)31-16-30-26)19-5-1-3-17(11-19)4-2-10-29/h1,3,5-9,11-13,16,21H,2,4,14-15H2. The van der Waals surface area contributed by atoms with Gasteiger partial charge < -0.3 is 4.42 Å². The lowest BCUT2D eigenvalue weighted by Crippen LogP contribution is -2.33. The Bertz CT molecular complexity index is 1640. The van der Waals surface area contributed by atoms with Gasteiger partial charge in [0.2, 0.25) is 5.71 Å². The van der Waals surface area contributed by atoms with Gasteiger partial charge in [0, 0.05) is 51.6 Å². The number of nitriles is 1. The zero-order valence-corrected chi connectivity index (χ0v) is 19.9. The molecular weight excluding hydrogens is 477 g/mol. The molecule has 2 aromatic carbocycles. The third-order valence-corrected chi connectivity index (χ3v) is 7.81. The molecule has 0 bridgehead atoms. The number of aromatic nitrogens is 4. The molecule has 9 heteroatoms. The van der Waals surface area contributed by atoms with E-state index in [0.717, 1.165) is 27.6 Å². The Balaban J connectivity index is 1.47. The minimum absolute atomic E-state index is 0.0483. The normalized spacial score (nSPS) is 17.1. The van der Waals surface area contributed by atoms with E-state index in [9.17, 15) is 8.60 Å². The molecule has 0 spiro atoms. The quantitative estimate of drug-likeness (QED) is 0.315. The molecule has 7 nitrogen and oxygen atoms in total. The van der Waals surface area contributed by atoms with Crippen LogP contribution >= 0.6 is 0 Å². The maximum absolute atomic E-state index is 13.6. The van der Waals surface area contributed by atoms with Crippen LogP contribution in [0.15, 0.2) is 71.5 Å². The summed E-state index contributed by atoms with van der Waals surface area (Å²) in [6.45, 7) is 0. The molecule has 6 rings (SSSR count). The Morgan fingerprint density at radius 3 is 2.69 bits per heavy atom. The molecule has 0 saturated carbocycles. The summed E-state index contributed by atoms with van der Waals surface area (Å²) in [6.07, 6.45) is 4.49. The Morgan fingerprint density at radius 1 is 1.08 bits per heavy atom. The number of furan rings is 1. The van der Waals surface area contributed by atoms with Crippen molar-refractivity contribution in [1.29, 1.82) is 5.26 Å². The molecule has 1 fully saturated rings. The van der Waals surface area contributed by atoms with Gasteiger partial charge in [-0.1, -0.05) is 18.2 Å². The molecule has 0 radical (unpaired) electrons. The van der Waals surface area contributed by atoms with Crippen LogP contribution < -0.4 is 0 Å². The second-order valence-corrected chi connectivity index (χ2v) is 10.3. The summed E-state index contributed by atoms with van der Waals surface area (Å²) in [5.74, 6) is 1.44. The van der Waals surface area contributed by atoms with Crippen molar-refractivity contribution in [2.45, 2.75) is 18.9 Å². The van der Waals surface area contributed by atoms with E-state index in [1.54, 1.807) is 12.1 Å². The molecule has 1 saturated heterocycles. The zero-order chi connectivity index (χ0) is 24.6. The number of hydrogen-bond donors (Lipinski definition) is 0. The van der Waals surface area contributed by atoms with Crippen LogP contribution in [0.2, 0.25) is 0 Å². The number of halogens is 1. The predicted molar refractivity (Wildman–Crippen MR) is 135 cm³/mol. The number of rotatable bonds is 6. The van der Waals surface area contributed by atoms with Crippen LogP contribution in [-0.2, 0) is 17.2 Å². The Labute approximate surface area is 208 Å². The molecule has 3 aromatic heterocycles. The summed E-state index contributed by atoms with van der Waals surface area (Å²) in [6, 6.07) is 18.2. The van der Waals surface area contributed by atoms with Crippen molar-refractivity contribution in [2.24, 2.45) is 0 Å². The first-order valence-electron chi connectivity index (χ1n) is 11.5. The average molecular weight is 498 g/mol. The van der Waals surface area contributed by atoms with Gasteiger partial charge in [-0.25, -0.2) is 14.4 Å². The smallest absolute Gasteiger partial charge is 0.230 e. The van der Waals surface area contributed by atoms with E-state index in [4.69, 9.17) is 14.8 Å². The second kappa shape index (κ2) is 9.13. The van der Waals surface area contributed by atoms with Gasteiger partial charge in [0.05, 0.1) is 23.2 Å². The highest BCUT2D eigenvalue weighted by Gasteiger charge is 2.30. The lowest BCUT2D eigenvalue weighted by Gasteiger charge is -2.24. The predicted octanol–water partition coefficient (Wildman–Crippen LogP) is 5.32. The van der Waals surface area contributed by atoms with Gasteiger partial charge in [-0.05, 0) is 48.4 Å². The van der Waals surface area contributed by atoms with Gasteiger partial charge >= 0.3 is 0 Å². The Morgan fingerprint density at radius 2 is 1.92 bits per heavy atom. The van der Waals surface area contributed by atoms with E-state index in [0.29, 0.717) is 47.2 Å². The minimum Gasteiger partial charge on any atom is -0.438 e. The number of aryl methyl sites for hydroxylation is 1. The number of hydrogen-bond acceptors (Lipinski definition) is 6. The lowest BCUT2D eigenvalue weighted by atomic mass is 10.0. The zero-order valence-electron chi connectivity index (χ0n) is 19.1. The molecular formula is C27H20FN5O2S. The van der Waals surface area contributed by atoms with Crippen LogP contribution in [0.25, 0.3) is 44.9 Å². The number of benzene rings is 2. The van der Waals surface area contributed by atoms with Crippen molar-refractivity contribution < 1.29 is 13.0 Å². The molecule has 4 heterocycles. The molecule has 1 aliphatic heterocycles. The fourth-order valence-corrected chi connectivity index (χ4v) is 5.46. The van der Waals surface area contributed by atoms with E-state index < -0.39 is 10.8 Å². The number of nitrogens with zero attached hydrogens (tertiary/aromatic N) is 5. The molecule has 0 N–H and O–H groups in total. The van der Waals surface area contributed by atoms with Crippen LogP contribution in [0.3, 0.4) is 0 Å². The summed E-state index contributed by atoms with van der Waals surface area (Å²) in [5, 5.41) is 14.4. The third-order valence-electron chi connectivity index (χ3n) is 6.30. The molecule has 0 unspecified atom stereocenters. The van der Waals surface area contributed by atoms with Crippen LogP contribution in [0.1, 0.15) is 18.0 Å². The summed E-state index contributed by atoms with van der Waals surface area (Å²) >= 11 is 0. The van der Waals surface area contributed by atoms with Crippen molar-refractivity contribution in [3.8, 4) is 39.9 Å². The van der Waals surface area contributed by atoms with Crippen LogP contribution in [0, 0.1) is 17.1 Å². The van der Waals surface area contributed by atoms with E-state index >= 15 is 0 Å². The highest BCUT2D eigenvalue weighted by Crippen LogP contribution is 2.38. The van der Waals surface area contributed by atoms with Gasteiger partial charge in [0.15, 0.2) is 0 Å². The molecule has 1 aliphatic rings. The largest absolute Gasteiger partial charge is 0.438 e. The fraction of sp³-hybridized carbons (Fsp3) is 0.185. The maximum Gasteiger partial charge on any atom is 0.230 e. The van der Waals surface area contributed by atoms with E-state index in [1.807, 2.05) is 41.2 Å². The van der Waals surface area contributed by atoms with Gasteiger partial charge in [0.25, 0.3) is 0 Å². The van der Waals surface area contributed by atoms with Crippen LogP contribution in [0.4, 0.5) is 4.39 Å². The monoisotopic (exact) mass is 497 g/mol. The summed E-state index contributed by atoms with van der Waals surface area (Å²) in [5.41, 5.74) is 5.23. The SMILES string of the molecule is N#CCCc1cccc(-c2cc3c(-c4cn(C5CS(=O)C5)nc4-c4ccc(F)cc4)ncnc3o2)c1. The maximum atomic E-state index is 13.6. The molecule has 5 aromatic rings. The topological polar surface area (TPSA) is 97.6 Å². The first-order chi connectivity index (χ1) is 17.6. The summed E-state index contributed by atoms with van der Waals surface area (Å²) in [4.78, 5) is 8.92. The van der Waals surface area contributed by atoms with Crippen molar-refractivity contribution in [3.63, 3.8) is 0 Å². The highest BCUT2D eigenvalue weighted by molar-refractivity contribution is 7.86. The van der Waals surface area contributed by atoms with Gasteiger partial charge in [-0.3, -0.25) is 8.89 Å². The summed E-state index contributed by atoms with van der Waals surface area (Å²) < 4.78 is 33.3. The summed E-state index contributed by atoms with van der Waals surface area (Å²) in [7, 11) is -0.825. The van der Waals surface area contributed by atoms with Crippen molar-refractivity contribution >= 4 is 21.9 Å². The highest BCUT2D eigenvalue weighted by atomic mass is 32.2. The molecule has 0 atom stereocenters. The molecule has 0 aliphatic carbocycles. The minimum atomic E-state index is -0.825. The van der Waals surface area contributed by atoms with E-state index in [2.05, 4.69) is 16.0 Å². The van der Waals surface area contributed by atoms with E-state index in [1.165, 1.54) is 18.5 Å². The molecule has 36 heavy (non-hydrogen) atoms. The van der Waals surface area contributed by atoms with Crippen LogP contribution in [0.5, 0.6) is 0 Å². The van der Waals surface area contributed by atoms with Gasteiger partial charge in [0.1, 0.15) is 23.6 Å². The first kappa shape index (κ1) is 22.3. The van der Waals surface area contributed by atoms with Gasteiger partial charge in [-0.2, -0.15) is 10.4 Å². The lowest BCUT2D eigenvalue weighted by molar-refractivity contribution is 0.507. The van der Waals surface area contributed by atoms with Crippen molar-refractivity contribution in [2.75, 3.05) is 11.5 Å². The molecule has 178 valence electrons. The third kappa shape index (κ3) is 4.10.